The fourth-order valence-electron chi connectivity index (χ4n) is 1.92. The van der Waals surface area contributed by atoms with Crippen LogP contribution in [0, 0.1) is 6.92 Å². The predicted molar refractivity (Wildman–Crippen MR) is 82.7 cm³/mol. The van der Waals surface area contributed by atoms with Crippen molar-refractivity contribution in [2.24, 2.45) is 0 Å². The highest BCUT2D eigenvalue weighted by Crippen LogP contribution is 2.27. The molecule has 0 aromatic carbocycles. The van der Waals surface area contributed by atoms with E-state index in [4.69, 9.17) is 4.74 Å². The largest absolute Gasteiger partial charge is 0.383 e. The second kappa shape index (κ2) is 8.09. The zero-order valence-electron chi connectivity index (χ0n) is 12.5. The molecule has 0 fully saturated rings. The van der Waals surface area contributed by atoms with E-state index in [0.717, 1.165) is 17.0 Å². The average molecular weight is 320 g/mol. The Labute approximate surface area is 125 Å². The molecule has 1 rings (SSSR count). The Morgan fingerprint density at radius 3 is 2.65 bits per heavy atom. The first kappa shape index (κ1) is 17.6. The zero-order valence-corrected chi connectivity index (χ0v) is 14.2. The molecule has 0 amide bonds. The molecule has 5 nitrogen and oxygen atoms in total. The number of hydrogen-bond donors (Lipinski definition) is 2. The van der Waals surface area contributed by atoms with E-state index in [1.165, 1.54) is 11.3 Å². The summed E-state index contributed by atoms with van der Waals surface area (Å²) >= 11 is 1.48. The Kier molecular flexibility index (Phi) is 7.11. The summed E-state index contributed by atoms with van der Waals surface area (Å²) in [5.74, 6) is 0. The summed E-state index contributed by atoms with van der Waals surface area (Å²) in [4.78, 5) is 1.27. The number of rotatable bonds is 9. The first-order valence-electron chi connectivity index (χ1n) is 6.75. The van der Waals surface area contributed by atoms with E-state index in [1.807, 2.05) is 26.2 Å². The van der Waals surface area contributed by atoms with Gasteiger partial charge in [-0.1, -0.05) is 13.8 Å². The summed E-state index contributed by atoms with van der Waals surface area (Å²) in [6, 6.07) is -0.198. The summed E-state index contributed by atoms with van der Waals surface area (Å²) in [6.07, 6.45) is 0.693. The zero-order chi connectivity index (χ0) is 15.2. The van der Waals surface area contributed by atoms with E-state index in [0.29, 0.717) is 24.5 Å². The smallest absolute Gasteiger partial charge is 0.242 e. The minimum absolute atomic E-state index is 0.198. The Morgan fingerprint density at radius 1 is 1.40 bits per heavy atom. The highest BCUT2D eigenvalue weighted by molar-refractivity contribution is 7.89. The maximum absolute atomic E-state index is 12.6. The highest BCUT2D eigenvalue weighted by atomic mass is 32.2. The molecule has 0 saturated heterocycles. The molecule has 0 saturated carbocycles. The fraction of sp³-hybridized carbons (Fsp3) is 0.692. The van der Waals surface area contributed by atoms with Crippen LogP contribution in [0.25, 0.3) is 0 Å². The van der Waals surface area contributed by atoms with Gasteiger partial charge in [-0.2, -0.15) is 0 Å². The summed E-state index contributed by atoms with van der Waals surface area (Å²) in [5, 5.41) is 5.06. The van der Waals surface area contributed by atoms with Gasteiger partial charge in [0.2, 0.25) is 10.0 Å². The van der Waals surface area contributed by atoms with Crippen molar-refractivity contribution in [3.05, 3.63) is 15.8 Å². The molecule has 1 aromatic rings. The molecule has 1 unspecified atom stereocenters. The van der Waals surface area contributed by atoms with Gasteiger partial charge in [0.15, 0.2) is 0 Å². The lowest BCUT2D eigenvalue weighted by Crippen LogP contribution is -2.38. The predicted octanol–water partition coefficient (Wildman–Crippen LogP) is 1.87. The Morgan fingerprint density at radius 2 is 2.10 bits per heavy atom. The van der Waals surface area contributed by atoms with Crippen molar-refractivity contribution in [1.29, 1.82) is 0 Å². The van der Waals surface area contributed by atoms with Crippen molar-refractivity contribution in [3.8, 4) is 0 Å². The Balaban J connectivity index is 2.99. The number of ether oxygens (including phenoxy) is 1. The number of sulfonamides is 1. The van der Waals surface area contributed by atoms with Crippen LogP contribution in [-0.4, -0.2) is 34.7 Å². The third-order valence-corrected chi connectivity index (χ3v) is 5.96. The van der Waals surface area contributed by atoms with Gasteiger partial charge < -0.3 is 10.1 Å². The molecule has 0 aliphatic rings. The summed E-state index contributed by atoms with van der Waals surface area (Å²) in [6.45, 7) is 7.53. The molecule has 1 atom stereocenters. The quantitative estimate of drug-likeness (QED) is 0.729. The van der Waals surface area contributed by atoms with Gasteiger partial charge >= 0.3 is 0 Å². The second-order valence-electron chi connectivity index (χ2n) is 4.63. The van der Waals surface area contributed by atoms with Crippen molar-refractivity contribution >= 4 is 21.4 Å². The molecule has 0 aliphatic carbocycles. The SMILES string of the molecule is CCNCc1scc(C)c1S(=O)(=O)NC(CC)COC. The number of hydrogen-bond acceptors (Lipinski definition) is 5. The van der Waals surface area contributed by atoms with Crippen LogP contribution < -0.4 is 10.0 Å². The topological polar surface area (TPSA) is 67.4 Å². The maximum Gasteiger partial charge on any atom is 0.242 e. The Hall–Kier alpha value is -0.470. The molecule has 116 valence electrons. The summed E-state index contributed by atoms with van der Waals surface area (Å²) < 4.78 is 32.9. The van der Waals surface area contributed by atoms with Crippen molar-refractivity contribution in [3.63, 3.8) is 0 Å². The van der Waals surface area contributed by atoms with E-state index in [1.54, 1.807) is 7.11 Å². The van der Waals surface area contributed by atoms with Crippen molar-refractivity contribution in [2.75, 3.05) is 20.3 Å². The van der Waals surface area contributed by atoms with Crippen LogP contribution in [0.1, 0.15) is 30.7 Å². The molecule has 0 spiro atoms. The molecule has 1 heterocycles. The average Bonchev–Trinajstić information content (AvgIpc) is 2.77. The van der Waals surface area contributed by atoms with E-state index >= 15 is 0 Å². The molecule has 7 heteroatoms. The normalized spacial score (nSPS) is 13.6. The highest BCUT2D eigenvalue weighted by Gasteiger charge is 2.25. The van der Waals surface area contributed by atoms with E-state index in [9.17, 15) is 8.42 Å². The number of aryl methyl sites for hydroxylation is 1. The molecular formula is C13H24N2O3S2. The second-order valence-corrected chi connectivity index (χ2v) is 7.25. The number of methoxy groups -OCH3 is 1. The van der Waals surface area contributed by atoms with Gasteiger partial charge in [-0.3, -0.25) is 0 Å². The van der Waals surface area contributed by atoms with Gasteiger partial charge in [0, 0.05) is 24.6 Å². The Bertz CT molecular complexity index is 512. The van der Waals surface area contributed by atoms with Gasteiger partial charge in [-0.15, -0.1) is 11.3 Å². The van der Waals surface area contributed by atoms with Crippen molar-refractivity contribution < 1.29 is 13.2 Å². The lowest BCUT2D eigenvalue weighted by molar-refractivity contribution is 0.173. The van der Waals surface area contributed by atoms with Crippen LogP contribution in [0.15, 0.2) is 10.3 Å². The number of thiophene rings is 1. The lowest BCUT2D eigenvalue weighted by atomic mass is 10.3. The maximum atomic E-state index is 12.6. The molecule has 0 aliphatic heterocycles. The van der Waals surface area contributed by atoms with Gasteiger partial charge in [-0.05, 0) is 30.8 Å². The molecule has 0 radical (unpaired) electrons. The van der Waals surface area contributed by atoms with Gasteiger partial charge in [0.1, 0.15) is 4.90 Å². The first-order chi connectivity index (χ1) is 9.46. The van der Waals surface area contributed by atoms with Crippen LogP contribution in [-0.2, 0) is 21.3 Å². The minimum atomic E-state index is -3.50. The summed E-state index contributed by atoms with van der Waals surface area (Å²) in [7, 11) is -1.93. The minimum Gasteiger partial charge on any atom is -0.383 e. The van der Waals surface area contributed by atoms with Gasteiger partial charge in [0.05, 0.1) is 6.61 Å². The van der Waals surface area contributed by atoms with Crippen LogP contribution in [0.3, 0.4) is 0 Å². The van der Waals surface area contributed by atoms with Crippen LogP contribution in [0.5, 0.6) is 0 Å². The van der Waals surface area contributed by atoms with E-state index in [-0.39, 0.29) is 6.04 Å². The molecular weight excluding hydrogens is 296 g/mol. The lowest BCUT2D eigenvalue weighted by Gasteiger charge is -2.17. The van der Waals surface area contributed by atoms with Crippen molar-refractivity contribution in [2.45, 2.75) is 44.7 Å². The molecule has 0 bridgehead atoms. The van der Waals surface area contributed by atoms with Crippen molar-refractivity contribution in [1.82, 2.24) is 10.0 Å². The molecule has 2 N–H and O–H groups in total. The van der Waals surface area contributed by atoms with Gasteiger partial charge in [0.25, 0.3) is 0 Å². The third-order valence-electron chi connectivity index (χ3n) is 2.98. The fourth-order valence-corrected chi connectivity index (χ4v) is 5.01. The standard InChI is InChI=1S/C13H24N2O3S2/c1-5-11(8-18-4)15-20(16,17)13-10(3)9-19-12(13)7-14-6-2/h9,11,14-15H,5-8H2,1-4H3. The van der Waals surface area contributed by atoms with Crippen LogP contribution in [0.2, 0.25) is 0 Å². The van der Waals surface area contributed by atoms with E-state index in [2.05, 4.69) is 10.0 Å². The third kappa shape index (κ3) is 4.53. The monoisotopic (exact) mass is 320 g/mol. The molecule has 20 heavy (non-hydrogen) atoms. The summed E-state index contributed by atoms with van der Waals surface area (Å²) in [5.41, 5.74) is 0.794. The first-order valence-corrected chi connectivity index (χ1v) is 9.11. The molecule has 1 aromatic heterocycles. The van der Waals surface area contributed by atoms with Gasteiger partial charge in [-0.25, -0.2) is 13.1 Å². The van der Waals surface area contributed by atoms with E-state index < -0.39 is 10.0 Å². The van der Waals surface area contributed by atoms with Crippen LogP contribution >= 0.6 is 11.3 Å². The van der Waals surface area contributed by atoms with Crippen LogP contribution in [0.4, 0.5) is 0 Å². The number of nitrogens with one attached hydrogen (secondary N) is 2.